The molecule has 0 spiro atoms. The van der Waals surface area contributed by atoms with Crippen molar-refractivity contribution in [2.45, 2.75) is 13.8 Å². The third kappa shape index (κ3) is 2.43. The summed E-state index contributed by atoms with van der Waals surface area (Å²) in [6.45, 7) is 4.02. The number of nitrogens with zero attached hydrogens (tertiary/aromatic N) is 1. The van der Waals surface area contributed by atoms with Gasteiger partial charge in [-0.1, -0.05) is 59.3 Å². The van der Waals surface area contributed by atoms with Crippen molar-refractivity contribution in [3.8, 4) is 22.5 Å². The molecule has 3 aromatic rings. The zero-order valence-electron chi connectivity index (χ0n) is 11.1. The van der Waals surface area contributed by atoms with Crippen molar-refractivity contribution in [3.05, 3.63) is 65.9 Å². The summed E-state index contributed by atoms with van der Waals surface area (Å²) in [4.78, 5) is 0. The number of hydrogen-bond acceptors (Lipinski definition) is 2. The maximum atomic E-state index is 5.26. The lowest BCUT2D eigenvalue weighted by Gasteiger charge is -2.03. The van der Waals surface area contributed by atoms with Crippen molar-refractivity contribution in [3.63, 3.8) is 0 Å². The molecule has 0 aliphatic carbocycles. The van der Waals surface area contributed by atoms with Crippen LogP contribution in [0.2, 0.25) is 0 Å². The average molecular weight is 249 g/mol. The highest BCUT2D eigenvalue weighted by Crippen LogP contribution is 2.25. The van der Waals surface area contributed by atoms with Gasteiger partial charge in [-0.15, -0.1) is 0 Å². The van der Waals surface area contributed by atoms with Crippen LogP contribution >= 0.6 is 0 Å². The van der Waals surface area contributed by atoms with Gasteiger partial charge in [0.2, 0.25) is 0 Å². The molecule has 0 amide bonds. The van der Waals surface area contributed by atoms with Gasteiger partial charge in [0.05, 0.1) is 5.69 Å². The largest absolute Gasteiger partial charge is 0.356 e. The molecule has 0 aliphatic heterocycles. The monoisotopic (exact) mass is 249 g/mol. The van der Waals surface area contributed by atoms with Crippen LogP contribution in [0.4, 0.5) is 0 Å². The molecular formula is C17H15NO. The van der Waals surface area contributed by atoms with Crippen LogP contribution < -0.4 is 0 Å². The Kier molecular flexibility index (Phi) is 2.92. The Morgan fingerprint density at radius 3 is 1.79 bits per heavy atom. The van der Waals surface area contributed by atoms with E-state index in [1.54, 1.807) is 0 Å². The Labute approximate surface area is 112 Å². The van der Waals surface area contributed by atoms with Crippen LogP contribution in [0.3, 0.4) is 0 Å². The highest BCUT2D eigenvalue weighted by molar-refractivity contribution is 5.68. The first kappa shape index (κ1) is 11.7. The number of rotatable bonds is 2. The highest BCUT2D eigenvalue weighted by atomic mass is 16.5. The summed E-state index contributed by atoms with van der Waals surface area (Å²) in [6, 6.07) is 18.8. The first-order chi connectivity index (χ1) is 9.22. The summed E-state index contributed by atoms with van der Waals surface area (Å²) < 4.78 is 5.26. The van der Waals surface area contributed by atoms with E-state index >= 15 is 0 Å². The van der Waals surface area contributed by atoms with Crippen LogP contribution in [0.5, 0.6) is 0 Å². The molecule has 2 nitrogen and oxygen atoms in total. The molecule has 0 aliphatic rings. The normalized spacial score (nSPS) is 10.6. The van der Waals surface area contributed by atoms with E-state index in [9.17, 15) is 0 Å². The SMILES string of the molecule is Cc1ccc(-c2ccc(-c3cc(C)no3)cc2)cc1. The number of aryl methyl sites for hydroxylation is 2. The molecule has 2 heteroatoms. The maximum absolute atomic E-state index is 5.26. The van der Waals surface area contributed by atoms with Gasteiger partial charge >= 0.3 is 0 Å². The van der Waals surface area contributed by atoms with Crippen molar-refractivity contribution in [1.29, 1.82) is 0 Å². The highest BCUT2D eigenvalue weighted by Gasteiger charge is 2.04. The molecule has 0 radical (unpaired) electrons. The van der Waals surface area contributed by atoms with Crippen LogP contribution in [0, 0.1) is 13.8 Å². The van der Waals surface area contributed by atoms with Gasteiger partial charge in [0.15, 0.2) is 5.76 Å². The third-order valence-electron chi connectivity index (χ3n) is 3.18. The summed E-state index contributed by atoms with van der Waals surface area (Å²) in [6.07, 6.45) is 0. The fraction of sp³-hybridized carbons (Fsp3) is 0.118. The zero-order chi connectivity index (χ0) is 13.2. The van der Waals surface area contributed by atoms with Crippen molar-refractivity contribution in [2.75, 3.05) is 0 Å². The average Bonchev–Trinajstić information content (AvgIpc) is 2.87. The molecule has 94 valence electrons. The van der Waals surface area contributed by atoms with Crippen LogP contribution in [0.1, 0.15) is 11.3 Å². The van der Waals surface area contributed by atoms with E-state index in [0.717, 1.165) is 17.0 Å². The minimum Gasteiger partial charge on any atom is -0.356 e. The number of benzene rings is 2. The van der Waals surface area contributed by atoms with E-state index in [4.69, 9.17) is 4.52 Å². The first-order valence-electron chi connectivity index (χ1n) is 6.33. The van der Waals surface area contributed by atoms with Gasteiger partial charge in [0.25, 0.3) is 0 Å². The lowest BCUT2D eigenvalue weighted by Crippen LogP contribution is -1.79. The minimum atomic E-state index is 0.813. The van der Waals surface area contributed by atoms with Gasteiger partial charge in [0, 0.05) is 11.6 Å². The third-order valence-corrected chi connectivity index (χ3v) is 3.18. The maximum Gasteiger partial charge on any atom is 0.167 e. The topological polar surface area (TPSA) is 26.0 Å². The first-order valence-corrected chi connectivity index (χ1v) is 6.33. The second-order valence-corrected chi connectivity index (χ2v) is 4.78. The predicted molar refractivity (Wildman–Crippen MR) is 76.8 cm³/mol. The lowest BCUT2D eigenvalue weighted by molar-refractivity contribution is 0.427. The molecule has 1 aromatic heterocycles. The summed E-state index contributed by atoms with van der Waals surface area (Å²) >= 11 is 0. The van der Waals surface area contributed by atoms with Crippen molar-refractivity contribution >= 4 is 0 Å². The van der Waals surface area contributed by atoms with E-state index in [0.29, 0.717) is 0 Å². The van der Waals surface area contributed by atoms with E-state index in [1.165, 1.54) is 16.7 Å². The molecule has 2 aromatic carbocycles. The Hall–Kier alpha value is -2.35. The smallest absolute Gasteiger partial charge is 0.167 e. The fourth-order valence-electron chi connectivity index (χ4n) is 2.07. The Morgan fingerprint density at radius 1 is 0.737 bits per heavy atom. The lowest BCUT2D eigenvalue weighted by atomic mass is 10.0. The van der Waals surface area contributed by atoms with Crippen molar-refractivity contribution in [2.24, 2.45) is 0 Å². The zero-order valence-corrected chi connectivity index (χ0v) is 11.1. The van der Waals surface area contributed by atoms with Gasteiger partial charge < -0.3 is 4.52 Å². The van der Waals surface area contributed by atoms with Gasteiger partial charge in [0.1, 0.15) is 0 Å². The standard InChI is InChI=1S/C17H15NO/c1-12-3-5-14(6-4-12)15-7-9-16(10-8-15)17-11-13(2)18-19-17/h3-11H,1-2H3. The van der Waals surface area contributed by atoms with Crippen LogP contribution in [0.15, 0.2) is 59.1 Å². The van der Waals surface area contributed by atoms with Crippen LogP contribution in [-0.2, 0) is 0 Å². The summed E-state index contributed by atoms with van der Waals surface area (Å²) in [7, 11) is 0. The molecule has 0 atom stereocenters. The minimum absolute atomic E-state index is 0.813. The second kappa shape index (κ2) is 4.73. The van der Waals surface area contributed by atoms with E-state index in [2.05, 4.69) is 60.6 Å². The molecule has 0 unspecified atom stereocenters. The molecule has 1 heterocycles. The van der Waals surface area contributed by atoms with Gasteiger partial charge in [-0.2, -0.15) is 0 Å². The molecule has 3 rings (SSSR count). The van der Waals surface area contributed by atoms with Crippen LogP contribution in [-0.4, -0.2) is 5.16 Å². The number of aromatic nitrogens is 1. The van der Waals surface area contributed by atoms with Gasteiger partial charge in [-0.3, -0.25) is 0 Å². The fourth-order valence-corrected chi connectivity index (χ4v) is 2.07. The van der Waals surface area contributed by atoms with Crippen LogP contribution in [0.25, 0.3) is 22.5 Å². The van der Waals surface area contributed by atoms with E-state index in [1.807, 2.05) is 13.0 Å². The molecule has 0 N–H and O–H groups in total. The Balaban J connectivity index is 1.92. The molecular weight excluding hydrogens is 234 g/mol. The second-order valence-electron chi connectivity index (χ2n) is 4.78. The van der Waals surface area contributed by atoms with E-state index < -0.39 is 0 Å². The number of hydrogen-bond donors (Lipinski definition) is 0. The van der Waals surface area contributed by atoms with Gasteiger partial charge in [-0.25, -0.2) is 0 Å². The summed E-state index contributed by atoms with van der Waals surface area (Å²) in [5.74, 6) is 0.813. The van der Waals surface area contributed by atoms with Crippen molar-refractivity contribution < 1.29 is 4.52 Å². The quantitative estimate of drug-likeness (QED) is 0.662. The summed E-state index contributed by atoms with van der Waals surface area (Å²) in [5.41, 5.74) is 5.66. The Bertz CT molecular complexity index is 678. The molecule has 0 bridgehead atoms. The molecule has 0 fully saturated rings. The van der Waals surface area contributed by atoms with Crippen molar-refractivity contribution in [1.82, 2.24) is 5.16 Å². The van der Waals surface area contributed by atoms with E-state index in [-0.39, 0.29) is 0 Å². The predicted octanol–water partition coefficient (Wildman–Crippen LogP) is 4.63. The summed E-state index contributed by atoms with van der Waals surface area (Å²) in [5, 5.41) is 3.91. The molecule has 0 saturated carbocycles. The molecule has 0 saturated heterocycles. The Morgan fingerprint density at radius 2 is 1.26 bits per heavy atom. The van der Waals surface area contributed by atoms with Gasteiger partial charge in [-0.05, 0) is 25.0 Å². The molecule has 19 heavy (non-hydrogen) atoms.